The van der Waals surface area contributed by atoms with Crippen LogP contribution in [-0.2, 0) is 11.3 Å². The van der Waals surface area contributed by atoms with E-state index in [0.717, 1.165) is 18.8 Å². The van der Waals surface area contributed by atoms with Gasteiger partial charge in [-0.1, -0.05) is 30.7 Å². The molecule has 5 heteroatoms. The molecule has 1 aromatic rings. The van der Waals surface area contributed by atoms with Crippen LogP contribution < -0.4 is 10.6 Å². The number of hydrogen-bond donors (Lipinski definition) is 2. The SMILES string of the molecule is C[C@H]1C[C@@H](NCC(=O)NCc2cccc(Cl)c2F)C1. The Morgan fingerprint density at radius 3 is 2.89 bits per heavy atom. The maximum absolute atomic E-state index is 13.6. The zero-order valence-corrected chi connectivity index (χ0v) is 11.6. The molecule has 0 aromatic heterocycles. The van der Waals surface area contributed by atoms with Crippen LogP contribution in [0.1, 0.15) is 25.3 Å². The molecule has 1 aliphatic rings. The number of carbonyl (C=O) groups is 1. The molecular formula is C14H18ClFN2O. The first-order chi connectivity index (χ1) is 9.06. The minimum atomic E-state index is -0.467. The minimum Gasteiger partial charge on any atom is -0.351 e. The molecule has 1 amide bonds. The average Bonchev–Trinajstić information content (AvgIpc) is 2.35. The summed E-state index contributed by atoms with van der Waals surface area (Å²) in [6.45, 7) is 2.63. The van der Waals surface area contributed by atoms with Crippen molar-refractivity contribution >= 4 is 17.5 Å². The fraction of sp³-hybridized carbons (Fsp3) is 0.500. The molecule has 0 saturated heterocycles. The van der Waals surface area contributed by atoms with Crippen LogP contribution in [0.15, 0.2) is 18.2 Å². The highest BCUT2D eigenvalue weighted by Crippen LogP contribution is 2.25. The number of carbonyl (C=O) groups excluding carboxylic acids is 1. The van der Waals surface area contributed by atoms with Gasteiger partial charge >= 0.3 is 0 Å². The molecule has 1 fully saturated rings. The number of hydrogen-bond acceptors (Lipinski definition) is 2. The lowest BCUT2D eigenvalue weighted by Crippen LogP contribution is -2.44. The van der Waals surface area contributed by atoms with Crippen LogP contribution in [0, 0.1) is 11.7 Å². The van der Waals surface area contributed by atoms with Crippen molar-refractivity contribution in [2.24, 2.45) is 5.92 Å². The molecule has 0 heterocycles. The van der Waals surface area contributed by atoms with Gasteiger partial charge in [0.2, 0.25) is 5.91 Å². The van der Waals surface area contributed by atoms with Gasteiger partial charge in [-0.05, 0) is 24.8 Å². The molecule has 1 aliphatic carbocycles. The Bertz CT molecular complexity index is 461. The fourth-order valence-electron chi connectivity index (χ4n) is 2.25. The van der Waals surface area contributed by atoms with E-state index in [-0.39, 0.29) is 24.0 Å². The van der Waals surface area contributed by atoms with Crippen LogP contribution in [0.3, 0.4) is 0 Å². The maximum atomic E-state index is 13.6. The summed E-state index contributed by atoms with van der Waals surface area (Å²) in [6, 6.07) is 5.22. The number of nitrogens with one attached hydrogen (secondary N) is 2. The summed E-state index contributed by atoms with van der Waals surface area (Å²) < 4.78 is 13.6. The third-order valence-electron chi connectivity index (χ3n) is 3.43. The van der Waals surface area contributed by atoms with Crippen molar-refractivity contribution in [3.63, 3.8) is 0 Å². The lowest BCUT2D eigenvalue weighted by molar-refractivity contribution is -0.120. The molecule has 2 N–H and O–H groups in total. The van der Waals surface area contributed by atoms with Crippen molar-refractivity contribution in [2.75, 3.05) is 6.54 Å². The van der Waals surface area contributed by atoms with E-state index in [1.807, 2.05) is 0 Å². The van der Waals surface area contributed by atoms with Crippen molar-refractivity contribution < 1.29 is 9.18 Å². The smallest absolute Gasteiger partial charge is 0.234 e. The van der Waals surface area contributed by atoms with Gasteiger partial charge in [-0.15, -0.1) is 0 Å². The Labute approximate surface area is 117 Å². The van der Waals surface area contributed by atoms with E-state index in [1.165, 1.54) is 6.07 Å². The van der Waals surface area contributed by atoms with Crippen molar-refractivity contribution in [1.82, 2.24) is 10.6 Å². The fourth-order valence-corrected chi connectivity index (χ4v) is 2.44. The monoisotopic (exact) mass is 284 g/mol. The third-order valence-corrected chi connectivity index (χ3v) is 3.72. The van der Waals surface area contributed by atoms with Gasteiger partial charge in [-0.25, -0.2) is 4.39 Å². The first-order valence-electron chi connectivity index (χ1n) is 6.49. The summed E-state index contributed by atoms with van der Waals surface area (Å²) >= 11 is 5.67. The predicted molar refractivity (Wildman–Crippen MR) is 73.4 cm³/mol. The Kier molecular flexibility index (Phi) is 4.77. The van der Waals surface area contributed by atoms with Crippen molar-refractivity contribution in [3.05, 3.63) is 34.6 Å². The largest absolute Gasteiger partial charge is 0.351 e. The van der Waals surface area contributed by atoms with E-state index in [1.54, 1.807) is 12.1 Å². The second kappa shape index (κ2) is 6.35. The molecule has 1 saturated carbocycles. The normalized spacial score (nSPS) is 21.8. The summed E-state index contributed by atoms with van der Waals surface area (Å²) in [5, 5.41) is 5.94. The minimum absolute atomic E-state index is 0.0772. The molecular weight excluding hydrogens is 267 g/mol. The van der Waals surface area contributed by atoms with E-state index < -0.39 is 5.82 Å². The van der Waals surface area contributed by atoms with Gasteiger partial charge in [0.25, 0.3) is 0 Å². The molecule has 19 heavy (non-hydrogen) atoms. The number of rotatable bonds is 5. The zero-order valence-electron chi connectivity index (χ0n) is 10.9. The van der Waals surface area contributed by atoms with Crippen molar-refractivity contribution in [3.8, 4) is 0 Å². The summed E-state index contributed by atoms with van der Waals surface area (Å²) in [6.07, 6.45) is 2.24. The molecule has 0 bridgehead atoms. The number of halogens is 2. The summed E-state index contributed by atoms with van der Waals surface area (Å²) in [7, 11) is 0. The predicted octanol–water partition coefficient (Wildman–Crippen LogP) is 2.48. The van der Waals surface area contributed by atoms with Gasteiger partial charge in [0.1, 0.15) is 5.82 Å². The second-order valence-corrected chi connectivity index (χ2v) is 5.55. The third kappa shape index (κ3) is 3.91. The molecule has 0 unspecified atom stereocenters. The highest BCUT2D eigenvalue weighted by atomic mass is 35.5. The van der Waals surface area contributed by atoms with Gasteiger partial charge in [-0.3, -0.25) is 4.79 Å². The molecule has 2 rings (SSSR count). The number of benzene rings is 1. The molecule has 0 radical (unpaired) electrons. The average molecular weight is 285 g/mol. The van der Waals surface area contributed by atoms with E-state index in [0.29, 0.717) is 11.6 Å². The molecule has 3 nitrogen and oxygen atoms in total. The Balaban J connectivity index is 1.72. The second-order valence-electron chi connectivity index (χ2n) is 5.14. The molecule has 104 valence electrons. The van der Waals surface area contributed by atoms with Gasteiger partial charge in [-0.2, -0.15) is 0 Å². The maximum Gasteiger partial charge on any atom is 0.234 e. The van der Waals surface area contributed by atoms with Gasteiger partial charge in [0.15, 0.2) is 0 Å². The first-order valence-corrected chi connectivity index (χ1v) is 6.87. The highest BCUT2D eigenvalue weighted by Gasteiger charge is 2.24. The van der Waals surface area contributed by atoms with Crippen LogP contribution in [0.2, 0.25) is 5.02 Å². The van der Waals surface area contributed by atoms with E-state index in [4.69, 9.17) is 11.6 Å². The Hall–Kier alpha value is -1.13. The molecule has 0 atom stereocenters. The molecule has 1 aromatic carbocycles. The van der Waals surface area contributed by atoms with Crippen LogP contribution in [0.5, 0.6) is 0 Å². The highest BCUT2D eigenvalue weighted by molar-refractivity contribution is 6.30. The van der Waals surface area contributed by atoms with Gasteiger partial charge in [0, 0.05) is 18.2 Å². The molecule has 0 spiro atoms. The standard InChI is InChI=1S/C14H18ClFN2O/c1-9-5-11(6-9)17-8-13(19)18-7-10-3-2-4-12(15)14(10)16/h2-4,9,11,17H,5-8H2,1H3,(H,18,19)/t9-,11+. The lowest BCUT2D eigenvalue weighted by Gasteiger charge is -2.33. The number of amides is 1. The Morgan fingerprint density at radius 2 is 2.21 bits per heavy atom. The van der Waals surface area contributed by atoms with Crippen LogP contribution in [0.25, 0.3) is 0 Å². The van der Waals surface area contributed by atoms with E-state index in [2.05, 4.69) is 17.6 Å². The van der Waals surface area contributed by atoms with E-state index in [9.17, 15) is 9.18 Å². The van der Waals surface area contributed by atoms with Gasteiger partial charge in [0.05, 0.1) is 11.6 Å². The van der Waals surface area contributed by atoms with Crippen molar-refractivity contribution in [1.29, 1.82) is 0 Å². The van der Waals surface area contributed by atoms with Crippen molar-refractivity contribution in [2.45, 2.75) is 32.4 Å². The summed E-state index contributed by atoms with van der Waals surface area (Å²) in [5.41, 5.74) is 0.401. The summed E-state index contributed by atoms with van der Waals surface area (Å²) in [4.78, 5) is 11.6. The van der Waals surface area contributed by atoms with Crippen LogP contribution in [0.4, 0.5) is 4.39 Å². The topological polar surface area (TPSA) is 41.1 Å². The Morgan fingerprint density at radius 1 is 1.47 bits per heavy atom. The van der Waals surface area contributed by atoms with Crippen LogP contribution in [-0.4, -0.2) is 18.5 Å². The first kappa shape index (κ1) is 14.3. The quantitative estimate of drug-likeness (QED) is 0.872. The van der Waals surface area contributed by atoms with Gasteiger partial charge < -0.3 is 10.6 Å². The van der Waals surface area contributed by atoms with Crippen LogP contribution >= 0.6 is 11.6 Å². The lowest BCUT2D eigenvalue weighted by atomic mass is 9.82. The zero-order chi connectivity index (χ0) is 13.8. The summed E-state index contributed by atoms with van der Waals surface area (Å²) in [5.74, 6) is 0.158. The van der Waals surface area contributed by atoms with E-state index >= 15 is 0 Å². The molecule has 0 aliphatic heterocycles.